The molecule has 0 aliphatic carbocycles. The van der Waals surface area contributed by atoms with E-state index in [1.54, 1.807) is 0 Å². The number of hydrogen-bond donors (Lipinski definition) is 1. The standard InChI is InChI=1S/C14H25N3O/c1-5-9-17(6-2)13-8-7-12(15)14(16-13)18-10-11(3)4/h7-8,11H,5-6,9-10,15H2,1-4H3. The molecule has 0 aliphatic rings. The molecule has 0 radical (unpaired) electrons. The SMILES string of the molecule is CCCN(CC)c1ccc(N)c(OCC(C)C)n1. The highest BCUT2D eigenvalue weighted by Crippen LogP contribution is 2.23. The Hall–Kier alpha value is -1.45. The Labute approximate surface area is 110 Å². The molecule has 1 aromatic rings. The van der Waals surface area contributed by atoms with Crippen molar-refractivity contribution in [2.45, 2.75) is 34.1 Å². The lowest BCUT2D eigenvalue weighted by Crippen LogP contribution is -2.24. The normalized spacial score (nSPS) is 10.7. The van der Waals surface area contributed by atoms with Crippen molar-refractivity contribution in [3.63, 3.8) is 0 Å². The van der Waals surface area contributed by atoms with E-state index in [4.69, 9.17) is 10.5 Å². The van der Waals surface area contributed by atoms with Gasteiger partial charge in [0.15, 0.2) is 0 Å². The summed E-state index contributed by atoms with van der Waals surface area (Å²) in [6.45, 7) is 11.1. The molecule has 1 heterocycles. The minimum Gasteiger partial charge on any atom is -0.476 e. The van der Waals surface area contributed by atoms with Gasteiger partial charge in [-0.1, -0.05) is 20.8 Å². The lowest BCUT2D eigenvalue weighted by molar-refractivity contribution is 0.263. The van der Waals surface area contributed by atoms with Crippen molar-refractivity contribution < 1.29 is 4.74 Å². The number of nitrogens with zero attached hydrogens (tertiary/aromatic N) is 2. The van der Waals surface area contributed by atoms with Gasteiger partial charge in [-0.3, -0.25) is 0 Å². The van der Waals surface area contributed by atoms with Gasteiger partial charge in [0.1, 0.15) is 5.82 Å². The van der Waals surface area contributed by atoms with Crippen molar-refractivity contribution in [2.75, 3.05) is 30.3 Å². The summed E-state index contributed by atoms with van der Waals surface area (Å²) in [6, 6.07) is 3.83. The first kappa shape index (κ1) is 14.6. The highest BCUT2D eigenvalue weighted by atomic mass is 16.5. The molecule has 18 heavy (non-hydrogen) atoms. The smallest absolute Gasteiger partial charge is 0.239 e. The van der Waals surface area contributed by atoms with Crippen LogP contribution in [0.1, 0.15) is 34.1 Å². The van der Waals surface area contributed by atoms with E-state index in [0.29, 0.717) is 24.1 Å². The Bertz CT molecular complexity index is 366. The molecule has 4 nitrogen and oxygen atoms in total. The number of rotatable bonds is 7. The Morgan fingerprint density at radius 3 is 2.61 bits per heavy atom. The number of hydrogen-bond acceptors (Lipinski definition) is 4. The summed E-state index contributed by atoms with van der Waals surface area (Å²) in [7, 11) is 0. The largest absolute Gasteiger partial charge is 0.476 e. The van der Waals surface area contributed by atoms with E-state index in [2.05, 4.69) is 37.6 Å². The lowest BCUT2D eigenvalue weighted by Gasteiger charge is -2.22. The van der Waals surface area contributed by atoms with E-state index in [1.165, 1.54) is 0 Å². The molecule has 2 N–H and O–H groups in total. The van der Waals surface area contributed by atoms with Gasteiger partial charge >= 0.3 is 0 Å². The Balaban J connectivity index is 2.84. The number of ether oxygens (including phenoxy) is 1. The summed E-state index contributed by atoms with van der Waals surface area (Å²) in [4.78, 5) is 6.74. The van der Waals surface area contributed by atoms with Gasteiger partial charge in [0.25, 0.3) is 0 Å². The second-order valence-corrected chi connectivity index (χ2v) is 4.85. The van der Waals surface area contributed by atoms with Crippen molar-refractivity contribution in [1.82, 2.24) is 4.98 Å². The van der Waals surface area contributed by atoms with Crippen molar-refractivity contribution in [2.24, 2.45) is 5.92 Å². The summed E-state index contributed by atoms with van der Waals surface area (Å²) in [6.07, 6.45) is 1.10. The zero-order valence-corrected chi connectivity index (χ0v) is 11.9. The fraction of sp³-hybridized carbons (Fsp3) is 0.643. The number of anilines is 2. The van der Waals surface area contributed by atoms with Crippen molar-refractivity contribution in [3.05, 3.63) is 12.1 Å². The Morgan fingerprint density at radius 2 is 2.06 bits per heavy atom. The third-order valence-corrected chi connectivity index (χ3v) is 2.63. The van der Waals surface area contributed by atoms with Crippen LogP contribution in [0, 0.1) is 5.92 Å². The molecule has 0 saturated heterocycles. The van der Waals surface area contributed by atoms with Crippen LogP contribution in [0.3, 0.4) is 0 Å². The van der Waals surface area contributed by atoms with Crippen LogP contribution in [0.4, 0.5) is 11.5 Å². The minimum atomic E-state index is 0.466. The van der Waals surface area contributed by atoms with E-state index in [-0.39, 0.29) is 0 Å². The monoisotopic (exact) mass is 251 g/mol. The molecule has 4 heteroatoms. The molecule has 0 aromatic carbocycles. The molecular formula is C14H25N3O. The van der Waals surface area contributed by atoms with E-state index < -0.39 is 0 Å². The predicted molar refractivity (Wildman–Crippen MR) is 77.2 cm³/mol. The molecule has 1 aromatic heterocycles. The maximum Gasteiger partial charge on any atom is 0.239 e. The van der Waals surface area contributed by atoms with E-state index >= 15 is 0 Å². The first-order valence-electron chi connectivity index (χ1n) is 6.72. The fourth-order valence-corrected chi connectivity index (χ4v) is 1.68. The molecule has 0 unspecified atom stereocenters. The zero-order chi connectivity index (χ0) is 13.5. The van der Waals surface area contributed by atoms with Gasteiger partial charge in [0.05, 0.1) is 12.3 Å². The van der Waals surface area contributed by atoms with Crippen LogP contribution in [-0.2, 0) is 0 Å². The minimum absolute atomic E-state index is 0.466. The van der Waals surface area contributed by atoms with Crippen LogP contribution in [0.25, 0.3) is 0 Å². The number of nitrogen functional groups attached to an aromatic ring is 1. The second kappa shape index (κ2) is 7.09. The van der Waals surface area contributed by atoms with Gasteiger partial charge in [-0.2, -0.15) is 4.98 Å². The van der Waals surface area contributed by atoms with Crippen molar-refractivity contribution >= 4 is 11.5 Å². The summed E-state index contributed by atoms with van der Waals surface area (Å²) < 4.78 is 5.65. The molecule has 0 bridgehead atoms. The highest BCUT2D eigenvalue weighted by Gasteiger charge is 2.09. The lowest BCUT2D eigenvalue weighted by atomic mass is 10.2. The van der Waals surface area contributed by atoms with Gasteiger partial charge in [0.2, 0.25) is 5.88 Å². The zero-order valence-electron chi connectivity index (χ0n) is 11.9. The third kappa shape index (κ3) is 4.09. The maximum atomic E-state index is 5.89. The average molecular weight is 251 g/mol. The molecular weight excluding hydrogens is 226 g/mol. The van der Waals surface area contributed by atoms with Crippen LogP contribution >= 0.6 is 0 Å². The summed E-state index contributed by atoms with van der Waals surface area (Å²) in [5.74, 6) is 1.95. The topological polar surface area (TPSA) is 51.4 Å². The summed E-state index contributed by atoms with van der Waals surface area (Å²) in [5, 5.41) is 0. The van der Waals surface area contributed by atoms with E-state index in [1.807, 2.05) is 12.1 Å². The van der Waals surface area contributed by atoms with Crippen molar-refractivity contribution in [1.29, 1.82) is 0 Å². The van der Waals surface area contributed by atoms with E-state index in [0.717, 1.165) is 25.3 Å². The summed E-state index contributed by atoms with van der Waals surface area (Å²) >= 11 is 0. The number of nitrogens with two attached hydrogens (primary N) is 1. The van der Waals surface area contributed by atoms with Gasteiger partial charge < -0.3 is 15.4 Å². The first-order chi connectivity index (χ1) is 8.58. The van der Waals surface area contributed by atoms with Gasteiger partial charge in [-0.15, -0.1) is 0 Å². The number of pyridine rings is 1. The molecule has 0 fully saturated rings. The van der Waals surface area contributed by atoms with Gasteiger partial charge in [-0.25, -0.2) is 0 Å². The Morgan fingerprint density at radius 1 is 1.33 bits per heavy atom. The molecule has 0 amide bonds. The molecule has 0 spiro atoms. The fourth-order valence-electron chi connectivity index (χ4n) is 1.68. The van der Waals surface area contributed by atoms with Crippen LogP contribution in [0.15, 0.2) is 12.1 Å². The van der Waals surface area contributed by atoms with E-state index in [9.17, 15) is 0 Å². The van der Waals surface area contributed by atoms with Gasteiger partial charge in [0, 0.05) is 13.1 Å². The molecule has 0 aliphatic heterocycles. The second-order valence-electron chi connectivity index (χ2n) is 4.85. The highest BCUT2D eigenvalue weighted by molar-refractivity contribution is 5.54. The molecule has 0 saturated carbocycles. The third-order valence-electron chi connectivity index (χ3n) is 2.63. The van der Waals surface area contributed by atoms with Crippen molar-refractivity contribution in [3.8, 4) is 5.88 Å². The maximum absolute atomic E-state index is 5.89. The first-order valence-corrected chi connectivity index (χ1v) is 6.72. The average Bonchev–Trinajstić information content (AvgIpc) is 2.35. The van der Waals surface area contributed by atoms with Crippen LogP contribution in [0.5, 0.6) is 5.88 Å². The van der Waals surface area contributed by atoms with Crippen LogP contribution in [-0.4, -0.2) is 24.7 Å². The molecule has 1 rings (SSSR count). The molecule has 102 valence electrons. The number of aromatic nitrogens is 1. The predicted octanol–water partition coefficient (Wildman–Crippen LogP) is 2.93. The van der Waals surface area contributed by atoms with Crippen LogP contribution < -0.4 is 15.4 Å². The van der Waals surface area contributed by atoms with Crippen LogP contribution in [0.2, 0.25) is 0 Å². The molecule has 0 atom stereocenters. The quantitative estimate of drug-likeness (QED) is 0.809. The summed E-state index contributed by atoms with van der Waals surface area (Å²) in [5.41, 5.74) is 6.49. The Kier molecular flexibility index (Phi) is 5.75. The van der Waals surface area contributed by atoms with Gasteiger partial charge in [-0.05, 0) is 31.4 Å².